The van der Waals surface area contributed by atoms with E-state index in [4.69, 9.17) is 9.47 Å². The molecule has 2 atom stereocenters. The number of ether oxygens (including phenoxy) is 2. The first-order valence-electron chi connectivity index (χ1n) is 7.16. The standard InChI is InChI=1S/C16H20N2O2S/c1-10-11(2)21-16(18-10)8-12(17-3)15-9-19-13-6-4-5-7-14(13)20-15/h4-7,12,15,17H,8-9H2,1-3H3. The lowest BCUT2D eigenvalue weighted by atomic mass is 10.1. The van der Waals surface area contributed by atoms with Crippen LogP contribution in [0.3, 0.4) is 0 Å². The van der Waals surface area contributed by atoms with Gasteiger partial charge in [0.25, 0.3) is 0 Å². The molecule has 112 valence electrons. The van der Waals surface area contributed by atoms with Gasteiger partial charge in [0.2, 0.25) is 0 Å². The van der Waals surface area contributed by atoms with E-state index in [9.17, 15) is 0 Å². The number of para-hydroxylation sites is 2. The molecule has 0 aliphatic carbocycles. The Morgan fingerprint density at radius 1 is 1.33 bits per heavy atom. The van der Waals surface area contributed by atoms with Crippen LogP contribution in [0.1, 0.15) is 15.6 Å². The van der Waals surface area contributed by atoms with E-state index in [0.717, 1.165) is 28.6 Å². The van der Waals surface area contributed by atoms with Crippen molar-refractivity contribution in [3.05, 3.63) is 39.8 Å². The SMILES string of the molecule is CNC(Cc1nc(C)c(C)s1)C1COc2ccccc2O1. The van der Waals surface area contributed by atoms with Crippen molar-refractivity contribution in [2.75, 3.05) is 13.7 Å². The molecular weight excluding hydrogens is 284 g/mol. The van der Waals surface area contributed by atoms with Crippen LogP contribution in [-0.4, -0.2) is 30.8 Å². The first kappa shape index (κ1) is 14.4. The van der Waals surface area contributed by atoms with Gasteiger partial charge >= 0.3 is 0 Å². The minimum Gasteiger partial charge on any atom is -0.486 e. The van der Waals surface area contributed by atoms with Gasteiger partial charge in [-0.3, -0.25) is 0 Å². The Labute approximate surface area is 129 Å². The van der Waals surface area contributed by atoms with E-state index in [1.165, 1.54) is 4.88 Å². The molecule has 0 saturated heterocycles. The molecule has 1 aromatic heterocycles. The number of nitrogens with zero attached hydrogens (tertiary/aromatic N) is 1. The first-order chi connectivity index (χ1) is 10.2. The van der Waals surface area contributed by atoms with Crippen molar-refractivity contribution < 1.29 is 9.47 Å². The number of hydrogen-bond donors (Lipinski definition) is 1. The molecule has 1 aliphatic heterocycles. The number of hydrogen-bond acceptors (Lipinski definition) is 5. The fraction of sp³-hybridized carbons (Fsp3) is 0.438. The van der Waals surface area contributed by atoms with Gasteiger partial charge in [-0.25, -0.2) is 4.98 Å². The minimum atomic E-state index is -0.00517. The highest BCUT2D eigenvalue weighted by atomic mass is 32.1. The van der Waals surface area contributed by atoms with Crippen molar-refractivity contribution in [3.63, 3.8) is 0 Å². The molecule has 2 heterocycles. The second kappa shape index (κ2) is 6.03. The fourth-order valence-electron chi connectivity index (χ4n) is 2.47. The maximum atomic E-state index is 6.08. The Bertz CT molecular complexity index is 607. The van der Waals surface area contributed by atoms with Crippen LogP contribution in [0.2, 0.25) is 0 Å². The Kier molecular flexibility index (Phi) is 4.12. The monoisotopic (exact) mass is 304 g/mol. The summed E-state index contributed by atoms with van der Waals surface area (Å²) in [6.07, 6.45) is 0.848. The summed E-state index contributed by atoms with van der Waals surface area (Å²) >= 11 is 1.76. The molecule has 2 unspecified atom stereocenters. The Morgan fingerprint density at radius 3 is 2.76 bits per heavy atom. The fourth-order valence-corrected chi connectivity index (χ4v) is 3.46. The summed E-state index contributed by atoms with van der Waals surface area (Å²) in [6.45, 7) is 4.73. The van der Waals surface area contributed by atoms with Crippen LogP contribution in [0.4, 0.5) is 0 Å². The molecule has 2 aromatic rings. The quantitative estimate of drug-likeness (QED) is 0.943. The molecule has 3 rings (SSSR count). The smallest absolute Gasteiger partial charge is 0.161 e. The van der Waals surface area contributed by atoms with Crippen molar-refractivity contribution in [1.29, 1.82) is 0 Å². The molecular formula is C16H20N2O2S. The van der Waals surface area contributed by atoms with Crippen molar-refractivity contribution in [1.82, 2.24) is 10.3 Å². The van der Waals surface area contributed by atoms with E-state index in [1.54, 1.807) is 11.3 Å². The number of nitrogens with one attached hydrogen (secondary N) is 1. The van der Waals surface area contributed by atoms with Crippen LogP contribution in [0, 0.1) is 13.8 Å². The van der Waals surface area contributed by atoms with E-state index in [2.05, 4.69) is 24.1 Å². The number of benzene rings is 1. The van der Waals surface area contributed by atoms with Crippen LogP contribution in [0.5, 0.6) is 11.5 Å². The molecule has 0 bridgehead atoms. The number of rotatable bonds is 4. The predicted octanol–water partition coefficient (Wildman–Crippen LogP) is 2.73. The summed E-state index contributed by atoms with van der Waals surface area (Å²) in [4.78, 5) is 5.90. The Balaban J connectivity index is 1.72. The normalized spacial score (nSPS) is 18.5. The average Bonchev–Trinajstić information content (AvgIpc) is 2.82. The zero-order chi connectivity index (χ0) is 14.8. The van der Waals surface area contributed by atoms with E-state index < -0.39 is 0 Å². The molecule has 0 saturated carbocycles. The van der Waals surface area contributed by atoms with Crippen LogP contribution in [0.15, 0.2) is 24.3 Å². The first-order valence-corrected chi connectivity index (χ1v) is 7.97. The molecule has 1 aromatic carbocycles. The minimum absolute atomic E-state index is 0.00517. The number of likely N-dealkylation sites (N-methyl/N-ethyl adjacent to an activating group) is 1. The largest absolute Gasteiger partial charge is 0.486 e. The molecule has 5 heteroatoms. The maximum absolute atomic E-state index is 6.08. The average molecular weight is 304 g/mol. The van der Waals surface area contributed by atoms with Gasteiger partial charge in [-0.2, -0.15) is 0 Å². The van der Waals surface area contributed by atoms with Gasteiger partial charge in [0.05, 0.1) is 16.7 Å². The van der Waals surface area contributed by atoms with Gasteiger partial charge < -0.3 is 14.8 Å². The summed E-state index contributed by atoms with van der Waals surface area (Å²) in [5.74, 6) is 1.64. The number of thiazole rings is 1. The van der Waals surface area contributed by atoms with Gasteiger partial charge in [-0.15, -0.1) is 11.3 Å². The molecule has 0 radical (unpaired) electrons. The van der Waals surface area contributed by atoms with Gasteiger partial charge in [0.1, 0.15) is 12.7 Å². The van der Waals surface area contributed by atoms with Crippen molar-refractivity contribution in [2.45, 2.75) is 32.4 Å². The predicted molar refractivity (Wildman–Crippen MR) is 84.5 cm³/mol. The summed E-state index contributed by atoms with van der Waals surface area (Å²) in [7, 11) is 1.96. The topological polar surface area (TPSA) is 43.4 Å². The lowest BCUT2D eigenvalue weighted by Crippen LogP contribution is -2.47. The zero-order valence-corrected chi connectivity index (χ0v) is 13.4. The van der Waals surface area contributed by atoms with Crippen molar-refractivity contribution in [3.8, 4) is 11.5 Å². The van der Waals surface area contributed by atoms with Gasteiger partial charge in [-0.1, -0.05) is 12.1 Å². The summed E-state index contributed by atoms with van der Waals surface area (Å²) in [6, 6.07) is 7.99. The van der Waals surface area contributed by atoms with E-state index in [1.807, 2.05) is 31.3 Å². The maximum Gasteiger partial charge on any atom is 0.161 e. The second-order valence-corrected chi connectivity index (χ2v) is 6.55. The third kappa shape index (κ3) is 3.04. The molecule has 1 N–H and O–H groups in total. The molecule has 0 fully saturated rings. The third-order valence-electron chi connectivity index (χ3n) is 3.82. The second-order valence-electron chi connectivity index (χ2n) is 5.26. The van der Waals surface area contributed by atoms with Crippen LogP contribution < -0.4 is 14.8 Å². The van der Waals surface area contributed by atoms with Gasteiger partial charge in [-0.05, 0) is 33.0 Å². The molecule has 4 nitrogen and oxygen atoms in total. The highest BCUT2D eigenvalue weighted by Crippen LogP contribution is 2.32. The highest BCUT2D eigenvalue weighted by Gasteiger charge is 2.28. The van der Waals surface area contributed by atoms with Crippen molar-refractivity contribution in [2.24, 2.45) is 0 Å². The number of aromatic nitrogens is 1. The zero-order valence-electron chi connectivity index (χ0n) is 12.6. The van der Waals surface area contributed by atoms with Crippen molar-refractivity contribution >= 4 is 11.3 Å². The summed E-state index contributed by atoms with van der Waals surface area (Å²) < 4.78 is 11.9. The molecule has 0 spiro atoms. The lowest BCUT2D eigenvalue weighted by molar-refractivity contribution is 0.0640. The summed E-state index contributed by atoms with van der Waals surface area (Å²) in [5.41, 5.74) is 1.12. The molecule has 1 aliphatic rings. The number of fused-ring (bicyclic) bond motifs is 1. The Hall–Kier alpha value is -1.59. The lowest BCUT2D eigenvalue weighted by Gasteiger charge is -2.31. The highest BCUT2D eigenvalue weighted by molar-refractivity contribution is 7.11. The Morgan fingerprint density at radius 2 is 2.10 bits per heavy atom. The summed E-state index contributed by atoms with van der Waals surface area (Å²) in [5, 5.41) is 4.49. The number of aryl methyl sites for hydroxylation is 2. The van der Waals surface area contributed by atoms with Gasteiger partial charge in [0, 0.05) is 11.3 Å². The van der Waals surface area contributed by atoms with E-state index in [0.29, 0.717) is 6.61 Å². The van der Waals surface area contributed by atoms with Crippen LogP contribution in [0.25, 0.3) is 0 Å². The van der Waals surface area contributed by atoms with E-state index >= 15 is 0 Å². The van der Waals surface area contributed by atoms with E-state index in [-0.39, 0.29) is 12.1 Å². The van der Waals surface area contributed by atoms with Crippen LogP contribution >= 0.6 is 11.3 Å². The van der Waals surface area contributed by atoms with Crippen LogP contribution in [-0.2, 0) is 6.42 Å². The molecule has 21 heavy (non-hydrogen) atoms. The van der Waals surface area contributed by atoms with Gasteiger partial charge in [0.15, 0.2) is 11.5 Å². The third-order valence-corrected chi connectivity index (χ3v) is 4.91. The molecule has 0 amide bonds.